The van der Waals surface area contributed by atoms with Crippen LogP contribution < -0.4 is 10.5 Å². The van der Waals surface area contributed by atoms with Gasteiger partial charge in [-0.05, 0) is 38.0 Å². The molecule has 2 aromatic heterocycles. The minimum Gasteiger partial charge on any atom is -0.347 e. The molecule has 2 aliphatic rings. The van der Waals surface area contributed by atoms with Gasteiger partial charge in [-0.1, -0.05) is 25.2 Å². The van der Waals surface area contributed by atoms with Crippen LogP contribution in [0.25, 0.3) is 4.96 Å². The molecular weight excluding hydrogens is 362 g/mol. The SMILES string of the molecule is Cc1cc(=O)n2nc(N3CCC(C(=O)N4CC(C)CC(C)C4)CC3)sc2n1. The van der Waals surface area contributed by atoms with Gasteiger partial charge >= 0.3 is 0 Å². The van der Waals surface area contributed by atoms with Crippen LogP contribution in [0.3, 0.4) is 0 Å². The van der Waals surface area contributed by atoms with Crippen LogP contribution >= 0.6 is 11.3 Å². The summed E-state index contributed by atoms with van der Waals surface area (Å²) in [6, 6.07) is 1.50. The highest BCUT2D eigenvalue weighted by Gasteiger charge is 2.33. The molecule has 2 aromatic rings. The minimum absolute atomic E-state index is 0.108. The number of fused-ring (bicyclic) bond motifs is 1. The van der Waals surface area contributed by atoms with Crippen LogP contribution in [0.5, 0.6) is 0 Å². The Morgan fingerprint density at radius 1 is 1.19 bits per heavy atom. The van der Waals surface area contributed by atoms with Crippen LogP contribution in [-0.4, -0.2) is 51.6 Å². The summed E-state index contributed by atoms with van der Waals surface area (Å²) in [5.74, 6) is 1.62. The average Bonchev–Trinajstić information content (AvgIpc) is 3.05. The van der Waals surface area contributed by atoms with Crippen molar-refractivity contribution in [3.05, 3.63) is 22.1 Å². The maximum atomic E-state index is 12.9. The summed E-state index contributed by atoms with van der Waals surface area (Å²) in [6.45, 7) is 9.68. The Bertz CT molecular complexity index is 889. The Kier molecular flexibility index (Phi) is 4.92. The predicted molar refractivity (Wildman–Crippen MR) is 106 cm³/mol. The Balaban J connectivity index is 1.42. The fourth-order valence-electron chi connectivity index (χ4n) is 4.46. The van der Waals surface area contributed by atoms with Crippen molar-refractivity contribution >= 4 is 27.3 Å². The summed E-state index contributed by atoms with van der Waals surface area (Å²) in [5, 5.41) is 5.26. The first-order chi connectivity index (χ1) is 12.9. The van der Waals surface area contributed by atoms with Gasteiger partial charge in [0, 0.05) is 43.9 Å². The monoisotopic (exact) mass is 389 g/mol. The molecular formula is C19H27N5O2S. The number of carbonyl (C=O) groups is 1. The van der Waals surface area contributed by atoms with E-state index < -0.39 is 0 Å². The molecule has 2 unspecified atom stereocenters. The van der Waals surface area contributed by atoms with E-state index >= 15 is 0 Å². The number of hydrogen-bond acceptors (Lipinski definition) is 6. The lowest BCUT2D eigenvalue weighted by molar-refractivity contribution is -0.138. The molecule has 146 valence electrons. The van der Waals surface area contributed by atoms with Crippen molar-refractivity contribution in [3.8, 4) is 0 Å². The van der Waals surface area contributed by atoms with Crippen LogP contribution in [0.2, 0.25) is 0 Å². The number of carbonyl (C=O) groups excluding carboxylic acids is 1. The highest BCUT2D eigenvalue weighted by atomic mass is 32.1. The van der Waals surface area contributed by atoms with E-state index in [1.807, 2.05) is 6.92 Å². The van der Waals surface area contributed by atoms with Gasteiger partial charge in [-0.15, -0.1) is 5.10 Å². The van der Waals surface area contributed by atoms with Crippen LogP contribution in [0.1, 0.15) is 38.8 Å². The number of aromatic nitrogens is 3. The van der Waals surface area contributed by atoms with Crippen LogP contribution in [0.4, 0.5) is 5.13 Å². The molecule has 0 saturated carbocycles. The van der Waals surface area contributed by atoms with Crippen molar-refractivity contribution in [1.29, 1.82) is 0 Å². The summed E-state index contributed by atoms with van der Waals surface area (Å²) >= 11 is 1.44. The first-order valence-electron chi connectivity index (χ1n) is 9.82. The molecule has 27 heavy (non-hydrogen) atoms. The summed E-state index contributed by atoms with van der Waals surface area (Å²) in [5.41, 5.74) is 0.572. The van der Waals surface area contributed by atoms with E-state index in [0.29, 0.717) is 28.4 Å². The van der Waals surface area contributed by atoms with Gasteiger partial charge in [-0.25, -0.2) is 4.98 Å². The second-order valence-electron chi connectivity index (χ2n) is 8.27. The molecule has 4 rings (SSSR count). The predicted octanol–water partition coefficient (Wildman–Crippen LogP) is 2.18. The number of hydrogen-bond donors (Lipinski definition) is 0. The van der Waals surface area contributed by atoms with Gasteiger partial charge in [0.15, 0.2) is 0 Å². The average molecular weight is 390 g/mol. The van der Waals surface area contributed by atoms with Crippen molar-refractivity contribution in [3.63, 3.8) is 0 Å². The zero-order valence-electron chi connectivity index (χ0n) is 16.2. The summed E-state index contributed by atoms with van der Waals surface area (Å²) in [7, 11) is 0. The largest absolute Gasteiger partial charge is 0.347 e. The quantitative estimate of drug-likeness (QED) is 0.787. The molecule has 0 aromatic carbocycles. The maximum Gasteiger partial charge on any atom is 0.275 e. The Hall–Kier alpha value is -1.96. The highest BCUT2D eigenvalue weighted by Crippen LogP contribution is 2.29. The van der Waals surface area contributed by atoms with Gasteiger partial charge in [-0.2, -0.15) is 4.52 Å². The zero-order chi connectivity index (χ0) is 19.1. The van der Waals surface area contributed by atoms with Crippen LogP contribution in [0.15, 0.2) is 10.9 Å². The molecule has 2 saturated heterocycles. The summed E-state index contributed by atoms with van der Waals surface area (Å²) < 4.78 is 1.38. The van der Waals surface area contributed by atoms with Crippen molar-refractivity contribution in [2.75, 3.05) is 31.1 Å². The molecule has 2 atom stereocenters. The van der Waals surface area contributed by atoms with E-state index in [4.69, 9.17) is 0 Å². The molecule has 2 aliphatic heterocycles. The van der Waals surface area contributed by atoms with E-state index in [0.717, 1.165) is 44.2 Å². The number of amides is 1. The summed E-state index contributed by atoms with van der Waals surface area (Å²) in [4.78, 5) is 34.3. The number of piperidine rings is 2. The smallest absolute Gasteiger partial charge is 0.275 e. The summed E-state index contributed by atoms with van der Waals surface area (Å²) in [6.07, 6.45) is 2.90. The minimum atomic E-state index is -0.140. The fourth-order valence-corrected chi connectivity index (χ4v) is 5.46. The van der Waals surface area contributed by atoms with Gasteiger partial charge in [0.05, 0.1) is 0 Å². The second kappa shape index (κ2) is 7.22. The van der Waals surface area contributed by atoms with E-state index in [2.05, 4.69) is 33.7 Å². The Labute approximate surface area is 163 Å². The zero-order valence-corrected chi connectivity index (χ0v) is 17.0. The lowest BCUT2D eigenvalue weighted by Crippen LogP contribution is -2.47. The van der Waals surface area contributed by atoms with E-state index in [9.17, 15) is 9.59 Å². The van der Waals surface area contributed by atoms with Gasteiger partial charge < -0.3 is 9.80 Å². The third kappa shape index (κ3) is 3.72. The maximum absolute atomic E-state index is 12.9. The van der Waals surface area contributed by atoms with Crippen molar-refractivity contribution < 1.29 is 4.79 Å². The third-order valence-corrected chi connectivity index (χ3v) is 6.63. The number of aryl methyl sites for hydroxylation is 1. The number of likely N-dealkylation sites (tertiary alicyclic amines) is 1. The number of rotatable bonds is 2. The first kappa shape index (κ1) is 18.4. The first-order valence-corrected chi connectivity index (χ1v) is 10.6. The molecule has 0 aliphatic carbocycles. The van der Waals surface area contributed by atoms with E-state index in [1.165, 1.54) is 28.3 Å². The van der Waals surface area contributed by atoms with Crippen molar-refractivity contribution in [1.82, 2.24) is 19.5 Å². The van der Waals surface area contributed by atoms with Gasteiger partial charge in [0.25, 0.3) is 5.56 Å². The van der Waals surface area contributed by atoms with Gasteiger partial charge in [0.1, 0.15) is 0 Å². The highest BCUT2D eigenvalue weighted by molar-refractivity contribution is 7.20. The van der Waals surface area contributed by atoms with E-state index in [1.54, 1.807) is 0 Å². The molecule has 7 nitrogen and oxygen atoms in total. The third-order valence-electron chi connectivity index (χ3n) is 5.66. The molecule has 2 fully saturated rings. The second-order valence-corrected chi connectivity index (χ2v) is 9.20. The molecule has 4 heterocycles. The fraction of sp³-hybridized carbons (Fsp3) is 0.684. The van der Waals surface area contributed by atoms with E-state index in [-0.39, 0.29) is 11.5 Å². The van der Waals surface area contributed by atoms with Gasteiger partial charge in [0.2, 0.25) is 16.0 Å². The molecule has 0 N–H and O–H groups in total. The Morgan fingerprint density at radius 3 is 2.52 bits per heavy atom. The molecule has 0 bridgehead atoms. The number of anilines is 1. The van der Waals surface area contributed by atoms with Gasteiger partial charge in [-0.3, -0.25) is 9.59 Å². The molecule has 0 radical (unpaired) electrons. The normalized spacial score (nSPS) is 24.6. The molecule has 0 spiro atoms. The molecule has 8 heteroatoms. The van der Waals surface area contributed by atoms with Crippen LogP contribution in [-0.2, 0) is 4.79 Å². The van der Waals surface area contributed by atoms with Crippen LogP contribution in [0, 0.1) is 24.7 Å². The standard InChI is InChI=1S/C19H27N5O2S/c1-12-8-13(2)11-23(10-12)17(26)15-4-6-22(7-5-15)19-21-24-16(25)9-14(3)20-18(24)27-19/h9,12-13,15H,4-8,10-11H2,1-3H3. The lowest BCUT2D eigenvalue weighted by atomic mass is 9.89. The molecule has 1 amide bonds. The topological polar surface area (TPSA) is 70.8 Å². The Morgan fingerprint density at radius 2 is 1.85 bits per heavy atom. The van der Waals surface area contributed by atoms with Crippen molar-refractivity contribution in [2.24, 2.45) is 17.8 Å². The lowest BCUT2D eigenvalue weighted by Gasteiger charge is -2.39. The number of nitrogens with zero attached hydrogens (tertiary/aromatic N) is 5. The van der Waals surface area contributed by atoms with Crippen molar-refractivity contribution in [2.45, 2.75) is 40.0 Å².